The third-order valence-electron chi connectivity index (χ3n) is 2.41. The average Bonchev–Trinajstić information content (AvgIpc) is 2.87. The monoisotopic (exact) mass is 226 g/mol. The van der Waals surface area contributed by atoms with Crippen LogP contribution in [0, 0.1) is 11.3 Å². The zero-order valence-corrected chi connectivity index (χ0v) is 9.25. The lowest BCUT2D eigenvalue weighted by atomic mass is 10.2. The zero-order chi connectivity index (χ0) is 12.3. The predicted molar refractivity (Wildman–Crippen MR) is 61.8 cm³/mol. The van der Waals surface area contributed by atoms with E-state index in [1.165, 1.54) is 7.11 Å². The fourth-order valence-electron chi connectivity index (χ4n) is 1.50. The second-order valence-electron chi connectivity index (χ2n) is 3.46. The second kappa shape index (κ2) is 4.54. The molecule has 0 aliphatic carbocycles. The molecule has 0 radical (unpaired) electrons. The van der Waals surface area contributed by atoms with Crippen molar-refractivity contribution >= 4 is 5.97 Å². The molecule has 0 saturated carbocycles. The first-order chi connectivity index (χ1) is 8.24. The van der Waals surface area contributed by atoms with Gasteiger partial charge < -0.3 is 9.30 Å². The molecule has 4 nitrogen and oxygen atoms in total. The minimum atomic E-state index is -0.364. The van der Waals surface area contributed by atoms with E-state index in [9.17, 15) is 4.79 Å². The third kappa shape index (κ3) is 2.18. The van der Waals surface area contributed by atoms with Crippen LogP contribution >= 0.6 is 0 Å². The number of benzene rings is 1. The van der Waals surface area contributed by atoms with Crippen LogP contribution in [0.5, 0.6) is 0 Å². The first-order valence-corrected chi connectivity index (χ1v) is 5.01. The van der Waals surface area contributed by atoms with Crippen molar-refractivity contribution in [3.05, 3.63) is 53.9 Å². The SMILES string of the molecule is COC(=O)c1ccn(-c2ccc(C#N)cc2)c1. The van der Waals surface area contributed by atoms with Crippen molar-refractivity contribution in [1.29, 1.82) is 5.26 Å². The fourth-order valence-corrected chi connectivity index (χ4v) is 1.50. The molecule has 0 aliphatic heterocycles. The van der Waals surface area contributed by atoms with E-state index in [2.05, 4.69) is 10.8 Å². The summed E-state index contributed by atoms with van der Waals surface area (Å²) in [6, 6.07) is 10.8. The molecule has 0 spiro atoms. The van der Waals surface area contributed by atoms with Crippen molar-refractivity contribution in [3.8, 4) is 11.8 Å². The van der Waals surface area contributed by atoms with Crippen molar-refractivity contribution in [2.75, 3.05) is 7.11 Å². The van der Waals surface area contributed by atoms with Gasteiger partial charge in [-0.15, -0.1) is 0 Å². The van der Waals surface area contributed by atoms with E-state index >= 15 is 0 Å². The Morgan fingerprint density at radius 1 is 1.29 bits per heavy atom. The van der Waals surface area contributed by atoms with E-state index in [1.807, 2.05) is 12.1 Å². The maximum atomic E-state index is 11.3. The van der Waals surface area contributed by atoms with Crippen LogP contribution in [0.2, 0.25) is 0 Å². The Morgan fingerprint density at radius 2 is 2.00 bits per heavy atom. The van der Waals surface area contributed by atoms with E-state index in [4.69, 9.17) is 5.26 Å². The van der Waals surface area contributed by atoms with Crippen molar-refractivity contribution in [2.24, 2.45) is 0 Å². The highest BCUT2D eigenvalue weighted by molar-refractivity contribution is 5.89. The van der Waals surface area contributed by atoms with Gasteiger partial charge in [-0.2, -0.15) is 5.26 Å². The maximum absolute atomic E-state index is 11.3. The van der Waals surface area contributed by atoms with Gasteiger partial charge in [-0.3, -0.25) is 0 Å². The largest absolute Gasteiger partial charge is 0.465 e. The van der Waals surface area contributed by atoms with Gasteiger partial charge in [-0.1, -0.05) is 0 Å². The Labute approximate surface area is 98.7 Å². The first-order valence-electron chi connectivity index (χ1n) is 5.01. The molecule has 84 valence electrons. The summed E-state index contributed by atoms with van der Waals surface area (Å²) in [5, 5.41) is 8.69. The number of aromatic nitrogens is 1. The highest BCUT2D eigenvalue weighted by Gasteiger charge is 2.07. The standard InChI is InChI=1S/C13H10N2O2/c1-17-13(16)11-6-7-15(9-11)12-4-2-10(8-14)3-5-12/h2-7,9H,1H3. The molecule has 17 heavy (non-hydrogen) atoms. The Bertz CT molecular complexity index is 576. The van der Waals surface area contributed by atoms with Crippen LogP contribution in [0.25, 0.3) is 5.69 Å². The van der Waals surface area contributed by atoms with Gasteiger partial charge in [0.05, 0.1) is 24.3 Å². The summed E-state index contributed by atoms with van der Waals surface area (Å²) < 4.78 is 6.43. The van der Waals surface area contributed by atoms with Crippen molar-refractivity contribution in [3.63, 3.8) is 0 Å². The number of esters is 1. The summed E-state index contributed by atoms with van der Waals surface area (Å²) in [5.41, 5.74) is 1.99. The molecule has 0 N–H and O–H groups in total. The summed E-state index contributed by atoms with van der Waals surface area (Å²) in [6.07, 6.45) is 3.46. The average molecular weight is 226 g/mol. The summed E-state index contributed by atoms with van der Waals surface area (Å²) in [7, 11) is 1.35. The van der Waals surface area contributed by atoms with E-state index in [-0.39, 0.29) is 5.97 Å². The molecule has 1 aromatic carbocycles. The Balaban J connectivity index is 2.31. The van der Waals surface area contributed by atoms with Gasteiger partial charge >= 0.3 is 5.97 Å². The Morgan fingerprint density at radius 3 is 2.59 bits per heavy atom. The molecular formula is C13H10N2O2. The summed E-state index contributed by atoms with van der Waals surface area (Å²) in [6.45, 7) is 0. The molecule has 0 saturated heterocycles. The van der Waals surface area contributed by atoms with E-state index < -0.39 is 0 Å². The van der Waals surface area contributed by atoms with E-state index in [0.717, 1.165) is 5.69 Å². The molecule has 4 heteroatoms. The number of hydrogen-bond acceptors (Lipinski definition) is 3. The molecule has 0 amide bonds. The normalized spacial score (nSPS) is 9.65. The van der Waals surface area contributed by atoms with E-state index in [1.54, 1.807) is 35.2 Å². The van der Waals surface area contributed by atoms with Crippen molar-refractivity contribution in [1.82, 2.24) is 4.57 Å². The lowest BCUT2D eigenvalue weighted by molar-refractivity contribution is 0.0601. The van der Waals surface area contributed by atoms with Gasteiger partial charge in [0.1, 0.15) is 0 Å². The summed E-state index contributed by atoms with van der Waals surface area (Å²) in [4.78, 5) is 11.3. The first kappa shape index (κ1) is 11.0. The molecule has 0 atom stereocenters. The Kier molecular flexibility index (Phi) is 2.93. The number of carbonyl (C=O) groups excluding carboxylic acids is 1. The number of carbonyl (C=O) groups is 1. The molecule has 2 aromatic rings. The Hall–Kier alpha value is -2.54. The van der Waals surface area contributed by atoms with Crippen LogP contribution in [0.4, 0.5) is 0 Å². The van der Waals surface area contributed by atoms with Crippen LogP contribution in [0.1, 0.15) is 15.9 Å². The molecule has 0 unspecified atom stereocenters. The molecule has 0 bridgehead atoms. The second-order valence-corrected chi connectivity index (χ2v) is 3.46. The highest BCUT2D eigenvalue weighted by Crippen LogP contribution is 2.12. The number of nitrogens with zero attached hydrogens (tertiary/aromatic N) is 2. The number of ether oxygens (including phenoxy) is 1. The van der Waals surface area contributed by atoms with Crippen LogP contribution in [0.3, 0.4) is 0 Å². The quantitative estimate of drug-likeness (QED) is 0.737. The van der Waals surface area contributed by atoms with Crippen LogP contribution < -0.4 is 0 Å². The molecule has 1 aromatic heterocycles. The molecular weight excluding hydrogens is 216 g/mol. The number of nitriles is 1. The van der Waals surface area contributed by atoms with Crippen LogP contribution in [-0.2, 0) is 4.74 Å². The van der Waals surface area contributed by atoms with Gasteiger partial charge in [0.25, 0.3) is 0 Å². The minimum Gasteiger partial charge on any atom is -0.465 e. The topological polar surface area (TPSA) is 55.0 Å². The summed E-state index contributed by atoms with van der Waals surface area (Å²) in [5.74, 6) is -0.364. The zero-order valence-electron chi connectivity index (χ0n) is 9.25. The fraction of sp³-hybridized carbons (Fsp3) is 0.0769. The van der Waals surface area contributed by atoms with Gasteiger partial charge in [0, 0.05) is 18.1 Å². The van der Waals surface area contributed by atoms with Gasteiger partial charge in [0.15, 0.2) is 0 Å². The smallest absolute Gasteiger partial charge is 0.339 e. The summed E-state index contributed by atoms with van der Waals surface area (Å²) >= 11 is 0. The van der Waals surface area contributed by atoms with Gasteiger partial charge in [-0.25, -0.2) is 4.79 Å². The predicted octanol–water partition coefficient (Wildman–Crippen LogP) is 2.14. The van der Waals surface area contributed by atoms with Crippen LogP contribution in [0.15, 0.2) is 42.7 Å². The molecule has 1 heterocycles. The molecule has 0 aliphatic rings. The van der Waals surface area contributed by atoms with E-state index in [0.29, 0.717) is 11.1 Å². The van der Waals surface area contributed by atoms with Crippen molar-refractivity contribution in [2.45, 2.75) is 0 Å². The minimum absolute atomic E-state index is 0.364. The number of methoxy groups -OCH3 is 1. The van der Waals surface area contributed by atoms with Gasteiger partial charge in [0.2, 0.25) is 0 Å². The lowest BCUT2D eigenvalue weighted by Crippen LogP contribution is -1.99. The molecule has 2 rings (SSSR count). The highest BCUT2D eigenvalue weighted by atomic mass is 16.5. The third-order valence-corrected chi connectivity index (χ3v) is 2.41. The van der Waals surface area contributed by atoms with Gasteiger partial charge in [-0.05, 0) is 30.3 Å². The van der Waals surface area contributed by atoms with Crippen LogP contribution in [-0.4, -0.2) is 17.6 Å². The van der Waals surface area contributed by atoms with Crippen molar-refractivity contribution < 1.29 is 9.53 Å². The lowest BCUT2D eigenvalue weighted by Gasteiger charge is -2.01. The number of hydrogen-bond donors (Lipinski definition) is 0. The maximum Gasteiger partial charge on any atom is 0.339 e. The number of rotatable bonds is 2. The molecule has 0 fully saturated rings.